The van der Waals surface area contributed by atoms with Crippen molar-refractivity contribution < 1.29 is 5.11 Å². The van der Waals surface area contributed by atoms with Crippen LogP contribution in [0.3, 0.4) is 0 Å². The third kappa shape index (κ3) is 2.59. The number of rotatable bonds is 2. The SMILES string of the molecule is Cc1ccc(Nc2cc(C)c(C)cc2O)cc1. The second kappa shape index (κ2) is 4.50. The largest absolute Gasteiger partial charge is 0.506 e. The van der Waals surface area contributed by atoms with E-state index in [-0.39, 0.29) is 5.75 Å². The molecule has 0 unspecified atom stereocenters. The highest BCUT2D eigenvalue weighted by molar-refractivity contribution is 5.67. The van der Waals surface area contributed by atoms with Crippen LogP contribution in [0.1, 0.15) is 16.7 Å². The molecule has 88 valence electrons. The summed E-state index contributed by atoms with van der Waals surface area (Å²) >= 11 is 0. The number of benzene rings is 2. The van der Waals surface area contributed by atoms with Gasteiger partial charge in [0.25, 0.3) is 0 Å². The maximum Gasteiger partial charge on any atom is 0.139 e. The number of nitrogens with one attached hydrogen (secondary N) is 1. The minimum atomic E-state index is 0.286. The summed E-state index contributed by atoms with van der Waals surface area (Å²) in [6.45, 7) is 6.08. The standard InChI is InChI=1S/C15H17NO/c1-10-4-6-13(7-5-10)16-14-8-11(2)12(3)9-15(14)17/h4-9,16-17H,1-3H3. The summed E-state index contributed by atoms with van der Waals surface area (Å²) in [5.74, 6) is 0.286. The number of phenolic OH excluding ortho intramolecular Hbond substituents is 1. The number of aryl methyl sites for hydroxylation is 3. The molecule has 2 N–H and O–H groups in total. The summed E-state index contributed by atoms with van der Waals surface area (Å²) in [6.07, 6.45) is 0. The Labute approximate surface area is 102 Å². The minimum absolute atomic E-state index is 0.286. The highest BCUT2D eigenvalue weighted by Crippen LogP contribution is 2.29. The highest BCUT2D eigenvalue weighted by Gasteiger charge is 2.04. The van der Waals surface area contributed by atoms with Gasteiger partial charge in [0.15, 0.2) is 0 Å². The predicted molar refractivity (Wildman–Crippen MR) is 72.0 cm³/mol. The van der Waals surface area contributed by atoms with Gasteiger partial charge in [-0.3, -0.25) is 0 Å². The molecule has 0 aliphatic heterocycles. The number of anilines is 2. The molecule has 17 heavy (non-hydrogen) atoms. The number of aromatic hydroxyl groups is 1. The molecule has 2 aromatic carbocycles. The lowest BCUT2D eigenvalue weighted by molar-refractivity contribution is 0.477. The van der Waals surface area contributed by atoms with Crippen LogP contribution in [0, 0.1) is 20.8 Å². The van der Waals surface area contributed by atoms with Gasteiger partial charge in [-0.2, -0.15) is 0 Å². The van der Waals surface area contributed by atoms with Crippen LogP contribution in [0.25, 0.3) is 0 Å². The van der Waals surface area contributed by atoms with Gasteiger partial charge in [0, 0.05) is 5.69 Å². The van der Waals surface area contributed by atoms with Gasteiger partial charge in [-0.05, 0) is 56.2 Å². The molecule has 0 amide bonds. The van der Waals surface area contributed by atoms with E-state index in [1.165, 1.54) is 5.56 Å². The summed E-state index contributed by atoms with van der Waals surface area (Å²) in [5, 5.41) is 13.1. The van der Waals surface area contributed by atoms with Crippen LogP contribution in [-0.4, -0.2) is 5.11 Å². The van der Waals surface area contributed by atoms with Crippen LogP contribution >= 0.6 is 0 Å². The molecule has 0 spiro atoms. The van der Waals surface area contributed by atoms with Crippen molar-refractivity contribution in [3.63, 3.8) is 0 Å². The van der Waals surface area contributed by atoms with E-state index in [1.807, 2.05) is 44.2 Å². The first-order chi connectivity index (χ1) is 8.06. The van der Waals surface area contributed by atoms with Crippen LogP contribution in [0.5, 0.6) is 5.75 Å². The van der Waals surface area contributed by atoms with Crippen LogP contribution < -0.4 is 5.32 Å². The van der Waals surface area contributed by atoms with Gasteiger partial charge < -0.3 is 10.4 Å². The van der Waals surface area contributed by atoms with Crippen molar-refractivity contribution >= 4 is 11.4 Å². The van der Waals surface area contributed by atoms with E-state index >= 15 is 0 Å². The van der Waals surface area contributed by atoms with Gasteiger partial charge >= 0.3 is 0 Å². The topological polar surface area (TPSA) is 32.3 Å². The maximum absolute atomic E-state index is 9.87. The lowest BCUT2D eigenvalue weighted by atomic mass is 10.1. The second-order valence-corrected chi connectivity index (χ2v) is 4.44. The first-order valence-electron chi connectivity index (χ1n) is 5.70. The molecule has 2 rings (SSSR count). The van der Waals surface area contributed by atoms with Crippen LogP contribution in [0.4, 0.5) is 11.4 Å². The van der Waals surface area contributed by atoms with Gasteiger partial charge in [0.2, 0.25) is 0 Å². The van der Waals surface area contributed by atoms with Crippen molar-refractivity contribution in [3.05, 3.63) is 53.1 Å². The van der Waals surface area contributed by atoms with E-state index in [4.69, 9.17) is 0 Å². The van der Waals surface area contributed by atoms with Crippen LogP contribution in [0.2, 0.25) is 0 Å². The molecule has 0 saturated heterocycles. The van der Waals surface area contributed by atoms with E-state index in [2.05, 4.69) is 12.2 Å². The number of hydrogen-bond acceptors (Lipinski definition) is 2. The van der Waals surface area contributed by atoms with Gasteiger partial charge in [0.05, 0.1) is 5.69 Å². The molecular weight excluding hydrogens is 210 g/mol. The van der Waals surface area contributed by atoms with Crippen molar-refractivity contribution in [2.45, 2.75) is 20.8 Å². The van der Waals surface area contributed by atoms with Gasteiger partial charge in [-0.1, -0.05) is 17.7 Å². The first kappa shape index (κ1) is 11.5. The molecule has 0 aromatic heterocycles. The van der Waals surface area contributed by atoms with Crippen molar-refractivity contribution in [2.24, 2.45) is 0 Å². The molecule has 0 radical (unpaired) electrons. The van der Waals surface area contributed by atoms with E-state index < -0.39 is 0 Å². The molecule has 0 heterocycles. The van der Waals surface area contributed by atoms with Crippen LogP contribution in [-0.2, 0) is 0 Å². The Morgan fingerprint density at radius 2 is 1.47 bits per heavy atom. The van der Waals surface area contributed by atoms with Gasteiger partial charge in [-0.15, -0.1) is 0 Å². The van der Waals surface area contributed by atoms with Gasteiger partial charge in [0.1, 0.15) is 5.75 Å². The smallest absolute Gasteiger partial charge is 0.139 e. The fourth-order valence-electron chi connectivity index (χ4n) is 1.69. The van der Waals surface area contributed by atoms with Crippen molar-refractivity contribution in [2.75, 3.05) is 5.32 Å². The van der Waals surface area contributed by atoms with E-state index in [1.54, 1.807) is 6.07 Å². The first-order valence-corrected chi connectivity index (χ1v) is 5.70. The molecule has 0 aliphatic rings. The molecular formula is C15H17NO. The zero-order chi connectivity index (χ0) is 12.4. The maximum atomic E-state index is 9.87. The Hall–Kier alpha value is -1.96. The van der Waals surface area contributed by atoms with Crippen molar-refractivity contribution in [1.82, 2.24) is 0 Å². The van der Waals surface area contributed by atoms with Crippen LogP contribution in [0.15, 0.2) is 36.4 Å². The molecule has 0 saturated carbocycles. The Balaban J connectivity index is 2.30. The second-order valence-electron chi connectivity index (χ2n) is 4.44. The molecule has 2 nitrogen and oxygen atoms in total. The summed E-state index contributed by atoms with van der Waals surface area (Å²) in [6, 6.07) is 11.8. The van der Waals surface area contributed by atoms with Crippen molar-refractivity contribution in [1.29, 1.82) is 0 Å². The molecule has 0 fully saturated rings. The zero-order valence-corrected chi connectivity index (χ0v) is 10.4. The predicted octanol–water partition coefficient (Wildman–Crippen LogP) is 4.06. The van der Waals surface area contributed by atoms with E-state index in [9.17, 15) is 5.11 Å². The number of hydrogen-bond donors (Lipinski definition) is 2. The molecule has 0 atom stereocenters. The average molecular weight is 227 g/mol. The lowest BCUT2D eigenvalue weighted by Crippen LogP contribution is -1.93. The Morgan fingerprint density at radius 3 is 2.12 bits per heavy atom. The summed E-state index contributed by atoms with van der Waals surface area (Å²) < 4.78 is 0. The quantitative estimate of drug-likeness (QED) is 0.758. The highest BCUT2D eigenvalue weighted by atomic mass is 16.3. The third-order valence-corrected chi connectivity index (χ3v) is 2.94. The molecule has 2 heteroatoms. The van der Waals surface area contributed by atoms with E-state index in [0.29, 0.717) is 0 Å². The normalized spacial score (nSPS) is 10.3. The Kier molecular flexibility index (Phi) is 3.05. The Bertz CT molecular complexity index is 529. The van der Waals surface area contributed by atoms with Gasteiger partial charge in [-0.25, -0.2) is 0 Å². The monoisotopic (exact) mass is 227 g/mol. The zero-order valence-electron chi connectivity index (χ0n) is 10.4. The fraction of sp³-hybridized carbons (Fsp3) is 0.200. The minimum Gasteiger partial charge on any atom is -0.506 e. The molecule has 0 aliphatic carbocycles. The molecule has 0 bridgehead atoms. The average Bonchev–Trinajstić information content (AvgIpc) is 2.29. The lowest BCUT2D eigenvalue weighted by Gasteiger charge is -2.11. The molecule has 2 aromatic rings. The summed E-state index contributed by atoms with van der Waals surface area (Å²) in [4.78, 5) is 0. The third-order valence-electron chi connectivity index (χ3n) is 2.94. The fourth-order valence-corrected chi connectivity index (χ4v) is 1.69. The Morgan fingerprint density at radius 1 is 0.882 bits per heavy atom. The summed E-state index contributed by atoms with van der Waals surface area (Å²) in [5.41, 5.74) is 5.21. The van der Waals surface area contributed by atoms with E-state index in [0.717, 1.165) is 22.5 Å². The van der Waals surface area contributed by atoms with Crippen molar-refractivity contribution in [3.8, 4) is 5.75 Å². The summed E-state index contributed by atoms with van der Waals surface area (Å²) in [7, 11) is 0. The number of phenols is 1.